The zero-order valence-electron chi connectivity index (χ0n) is 17.0. The van der Waals surface area contributed by atoms with Gasteiger partial charge in [-0.15, -0.1) is 5.11 Å². The molecule has 10 nitrogen and oxygen atoms in total. The molecule has 0 heterocycles. The maximum absolute atomic E-state index is 12.0. The molecule has 4 aromatic carbocycles. The molecule has 0 radical (unpaired) electrons. The van der Waals surface area contributed by atoms with Gasteiger partial charge in [-0.1, -0.05) is 36.4 Å². The first-order chi connectivity index (χ1) is 15.6. The quantitative estimate of drug-likeness (QED) is 0.276. The minimum Gasteiger partial charge on any atom is -0.282 e. The standard InChI is InChI=1S/C21H16N4O6S2/c1-22-24-18-9-10-19(15-6-3-2-5-14(15)18)25-23-13-11-17-16(21(12-13)33(29,30)31)7-4-8-20(17)32(26,27)28/h2-12H,1H3,(H,26,27,28)(H,29,30,31). The minimum atomic E-state index is -4.74. The van der Waals surface area contributed by atoms with Crippen LogP contribution in [-0.2, 0) is 20.2 Å². The third kappa shape index (κ3) is 4.50. The predicted molar refractivity (Wildman–Crippen MR) is 122 cm³/mol. The van der Waals surface area contributed by atoms with Crippen LogP contribution in [0, 0.1) is 0 Å². The topological polar surface area (TPSA) is 158 Å². The van der Waals surface area contributed by atoms with Gasteiger partial charge in [0.05, 0.1) is 17.1 Å². The Morgan fingerprint density at radius 1 is 0.606 bits per heavy atom. The second kappa shape index (κ2) is 8.41. The van der Waals surface area contributed by atoms with Crippen molar-refractivity contribution in [1.29, 1.82) is 0 Å². The van der Waals surface area contributed by atoms with Crippen LogP contribution in [-0.4, -0.2) is 33.0 Å². The molecule has 0 spiro atoms. The van der Waals surface area contributed by atoms with Gasteiger partial charge in [0.25, 0.3) is 20.2 Å². The Morgan fingerprint density at radius 2 is 1.18 bits per heavy atom. The number of hydrogen-bond acceptors (Lipinski definition) is 8. The van der Waals surface area contributed by atoms with Crippen molar-refractivity contribution in [2.24, 2.45) is 20.5 Å². The first-order valence-electron chi connectivity index (χ1n) is 9.34. The Hall–Kier alpha value is -3.58. The van der Waals surface area contributed by atoms with E-state index in [1.165, 1.54) is 18.2 Å². The van der Waals surface area contributed by atoms with E-state index in [0.717, 1.165) is 17.5 Å². The lowest BCUT2D eigenvalue weighted by molar-refractivity contribution is 0.481. The third-order valence-electron chi connectivity index (χ3n) is 4.82. The summed E-state index contributed by atoms with van der Waals surface area (Å²) in [6.45, 7) is 0. The predicted octanol–water partition coefficient (Wildman–Crippen LogP) is 5.62. The molecule has 0 aromatic heterocycles. The van der Waals surface area contributed by atoms with Gasteiger partial charge in [-0.2, -0.15) is 32.2 Å². The molecular formula is C21H16N4O6S2. The van der Waals surface area contributed by atoms with E-state index >= 15 is 0 Å². The van der Waals surface area contributed by atoms with Gasteiger partial charge in [0.2, 0.25) is 0 Å². The summed E-state index contributed by atoms with van der Waals surface area (Å²) in [6, 6.07) is 16.6. The Morgan fingerprint density at radius 3 is 1.76 bits per heavy atom. The fourth-order valence-electron chi connectivity index (χ4n) is 3.47. The van der Waals surface area contributed by atoms with Gasteiger partial charge >= 0.3 is 0 Å². The molecular weight excluding hydrogens is 468 g/mol. The van der Waals surface area contributed by atoms with Gasteiger partial charge in [0.1, 0.15) is 9.79 Å². The Bertz CT molecular complexity index is 1680. The summed E-state index contributed by atoms with van der Waals surface area (Å²) in [4.78, 5) is -1.09. The molecule has 0 fully saturated rings. The average molecular weight is 485 g/mol. The van der Waals surface area contributed by atoms with Crippen LogP contribution >= 0.6 is 0 Å². The highest BCUT2D eigenvalue weighted by Crippen LogP contribution is 2.36. The van der Waals surface area contributed by atoms with Crippen molar-refractivity contribution in [3.8, 4) is 0 Å². The molecule has 0 atom stereocenters. The summed E-state index contributed by atoms with van der Waals surface area (Å²) < 4.78 is 66.8. The van der Waals surface area contributed by atoms with Crippen molar-refractivity contribution in [2.45, 2.75) is 9.79 Å². The van der Waals surface area contributed by atoms with Gasteiger partial charge < -0.3 is 0 Å². The monoisotopic (exact) mass is 484 g/mol. The van der Waals surface area contributed by atoms with Crippen molar-refractivity contribution in [2.75, 3.05) is 7.05 Å². The number of benzene rings is 4. The van der Waals surface area contributed by atoms with Crippen molar-refractivity contribution in [1.82, 2.24) is 0 Å². The molecule has 0 aliphatic rings. The van der Waals surface area contributed by atoms with Gasteiger partial charge in [-0.05, 0) is 30.3 Å². The van der Waals surface area contributed by atoms with Crippen LogP contribution in [0.15, 0.2) is 97.0 Å². The highest BCUT2D eigenvalue weighted by Gasteiger charge is 2.21. The lowest BCUT2D eigenvalue weighted by Gasteiger charge is -2.09. The van der Waals surface area contributed by atoms with Crippen LogP contribution < -0.4 is 0 Å². The lowest BCUT2D eigenvalue weighted by atomic mass is 10.1. The zero-order valence-corrected chi connectivity index (χ0v) is 18.6. The fourth-order valence-corrected chi connectivity index (χ4v) is 4.89. The molecule has 12 heteroatoms. The van der Waals surface area contributed by atoms with Crippen molar-refractivity contribution in [3.05, 3.63) is 66.7 Å². The van der Waals surface area contributed by atoms with Crippen LogP contribution in [0.25, 0.3) is 21.5 Å². The van der Waals surface area contributed by atoms with Gasteiger partial charge in [0.15, 0.2) is 0 Å². The Labute approximate surface area is 188 Å². The Balaban J connectivity index is 1.94. The third-order valence-corrected chi connectivity index (χ3v) is 6.62. The number of hydrogen-bond donors (Lipinski definition) is 2. The molecule has 0 unspecified atom stereocenters. The second-order valence-corrected chi connectivity index (χ2v) is 9.67. The molecule has 0 aliphatic carbocycles. The zero-order chi connectivity index (χ0) is 23.8. The largest absolute Gasteiger partial charge is 0.295 e. The van der Waals surface area contributed by atoms with Crippen LogP contribution in [0.2, 0.25) is 0 Å². The highest BCUT2D eigenvalue weighted by atomic mass is 32.2. The molecule has 4 aromatic rings. The summed E-state index contributed by atoms with van der Waals surface area (Å²) in [5.41, 5.74) is 1.02. The van der Waals surface area contributed by atoms with Crippen LogP contribution in [0.3, 0.4) is 0 Å². The molecule has 0 bridgehead atoms. The van der Waals surface area contributed by atoms with Crippen molar-refractivity contribution < 1.29 is 25.9 Å². The average Bonchev–Trinajstić information content (AvgIpc) is 2.76. The van der Waals surface area contributed by atoms with Gasteiger partial charge in [-0.25, -0.2) is 0 Å². The number of rotatable bonds is 5. The van der Waals surface area contributed by atoms with E-state index < -0.39 is 30.0 Å². The van der Waals surface area contributed by atoms with E-state index in [0.29, 0.717) is 16.8 Å². The van der Waals surface area contributed by atoms with E-state index in [1.54, 1.807) is 31.3 Å². The molecule has 0 amide bonds. The summed E-state index contributed by atoms with van der Waals surface area (Å²) >= 11 is 0. The van der Waals surface area contributed by atoms with Crippen LogP contribution in [0.1, 0.15) is 0 Å². The van der Waals surface area contributed by atoms with E-state index in [-0.39, 0.29) is 16.5 Å². The number of nitrogens with zero attached hydrogens (tertiary/aromatic N) is 4. The lowest BCUT2D eigenvalue weighted by Crippen LogP contribution is -2.03. The summed E-state index contributed by atoms with van der Waals surface area (Å²) in [5, 5.41) is 17.4. The fraction of sp³-hybridized carbons (Fsp3) is 0.0476. The van der Waals surface area contributed by atoms with Gasteiger partial charge in [-0.3, -0.25) is 9.11 Å². The van der Waals surface area contributed by atoms with E-state index in [1.807, 2.05) is 12.1 Å². The normalized spacial score (nSPS) is 12.9. The molecule has 0 saturated heterocycles. The van der Waals surface area contributed by atoms with Gasteiger partial charge in [0, 0.05) is 28.6 Å². The van der Waals surface area contributed by atoms with Crippen molar-refractivity contribution >= 4 is 58.8 Å². The van der Waals surface area contributed by atoms with Crippen molar-refractivity contribution in [3.63, 3.8) is 0 Å². The molecule has 0 aliphatic heterocycles. The molecule has 2 N–H and O–H groups in total. The molecule has 33 heavy (non-hydrogen) atoms. The SMILES string of the molecule is CN=Nc1ccc(N=Nc2cc(S(=O)(=O)O)c3cccc(S(=O)(=O)O)c3c2)c2ccccc12. The maximum atomic E-state index is 12.0. The Kier molecular flexibility index (Phi) is 5.76. The highest BCUT2D eigenvalue weighted by molar-refractivity contribution is 7.86. The second-order valence-electron chi connectivity index (χ2n) is 6.89. The van der Waals surface area contributed by atoms with Crippen LogP contribution in [0.4, 0.5) is 17.1 Å². The summed E-state index contributed by atoms with van der Waals surface area (Å²) in [5.74, 6) is 0. The van der Waals surface area contributed by atoms with E-state index in [9.17, 15) is 25.9 Å². The van der Waals surface area contributed by atoms with Crippen LogP contribution in [0.5, 0.6) is 0 Å². The number of azo groups is 2. The maximum Gasteiger partial charge on any atom is 0.295 e. The summed E-state index contributed by atoms with van der Waals surface area (Å²) in [7, 11) is -7.88. The van der Waals surface area contributed by atoms with E-state index in [2.05, 4.69) is 20.5 Å². The first kappa shape index (κ1) is 22.6. The smallest absolute Gasteiger partial charge is 0.282 e. The molecule has 0 saturated carbocycles. The van der Waals surface area contributed by atoms with E-state index in [4.69, 9.17) is 0 Å². The summed E-state index contributed by atoms with van der Waals surface area (Å²) in [6.07, 6.45) is 0. The first-order valence-corrected chi connectivity index (χ1v) is 12.2. The number of fused-ring (bicyclic) bond motifs is 2. The molecule has 4 rings (SSSR count). The minimum absolute atomic E-state index is 0.0485. The molecule has 168 valence electrons.